The Bertz CT molecular complexity index is 526. The van der Waals surface area contributed by atoms with E-state index in [-0.39, 0.29) is 0 Å². The molecule has 1 aromatic heterocycles. The van der Waals surface area contributed by atoms with Crippen LogP contribution < -0.4 is 16.0 Å². The smallest absolute Gasteiger partial charge is 0.219 e. The van der Waals surface area contributed by atoms with Gasteiger partial charge >= 0.3 is 0 Å². The Labute approximate surface area is 100 Å². The van der Waals surface area contributed by atoms with E-state index in [0.717, 1.165) is 22.6 Å². The van der Waals surface area contributed by atoms with Gasteiger partial charge in [-0.25, -0.2) is 4.98 Å². The van der Waals surface area contributed by atoms with Crippen LogP contribution in [0.1, 0.15) is 11.1 Å². The van der Waals surface area contributed by atoms with Crippen LogP contribution in [0.3, 0.4) is 0 Å². The van der Waals surface area contributed by atoms with Gasteiger partial charge in [0.15, 0.2) is 0 Å². The zero-order valence-electron chi connectivity index (χ0n) is 9.90. The summed E-state index contributed by atoms with van der Waals surface area (Å²) in [6.07, 6.45) is 1.66. The van der Waals surface area contributed by atoms with Gasteiger partial charge in [0.05, 0.1) is 11.9 Å². The number of nitrogens with one attached hydrogen (secondary N) is 1. The third kappa shape index (κ3) is 2.54. The summed E-state index contributed by atoms with van der Waals surface area (Å²) in [7, 11) is 0. The van der Waals surface area contributed by atoms with Crippen LogP contribution in [0.2, 0.25) is 0 Å². The Morgan fingerprint density at radius 2 is 1.94 bits per heavy atom. The van der Waals surface area contributed by atoms with E-state index in [2.05, 4.69) is 10.4 Å². The average Bonchev–Trinajstić information content (AvgIpc) is 2.32. The van der Waals surface area contributed by atoms with Crippen molar-refractivity contribution in [1.82, 2.24) is 4.98 Å². The van der Waals surface area contributed by atoms with Crippen LogP contribution in [-0.2, 0) is 0 Å². The maximum absolute atomic E-state index is 5.71. The third-order valence-electron chi connectivity index (χ3n) is 2.55. The van der Waals surface area contributed by atoms with E-state index >= 15 is 0 Å². The molecular weight excluding hydrogens is 214 g/mol. The number of pyridine rings is 1. The minimum absolute atomic E-state index is 0.566. The maximum Gasteiger partial charge on any atom is 0.219 e. The first kappa shape index (κ1) is 11.4. The van der Waals surface area contributed by atoms with Crippen molar-refractivity contribution in [3.63, 3.8) is 0 Å². The summed E-state index contributed by atoms with van der Waals surface area (Å²) >= 11 is 0. The number of ether oxygens (including phenoxy) is 1. The summed E-state index contributed by atoms with van der Waals surface area (Å²) < 4.78 is 5.71. The number of aryl methyl sites for hydroxylation is 2. The molecule has 0 radical (unpaired) electrons. The molecule has 1 aromatic carbocycles. The van der Waals surface area contributed by atoms with Gasteiger partial charge in [0.25, 0.3) is 0 Å². The summed E-state index contributed by atoms with van der Waals surface area (Å²) in [6.45, 7) is 3.94. The molecule has 4 heteroatoms. The Kier molecular flexibility index (Phi) is 3.25. The first-order chi connectivity index (χ1) is 8.20. The number of nitrogen functional groups attached to an aromatic ring is 1. The molecule has 0 aliphatic rings. The van der Waals surface area contributed by atoms with E-state index in [1.807, 2.05) is 44.2 Å². The van der Waals surface area contributed by atoms with Crippen LogP contribution in [0, 0.1) is 13.8 Å². The summed E-state index contributed by atoms with van der Waals surface area (Å²) in [5, 5.41) is 0. The fourth-order valence-electron chi connectivity index (χ4n) is 1.52. The summed E-state index contributed by atoms with van der Waals surface area (Å²) in [4.78, 5) is 4.18. The highest BCUT2D eigenvalue weighted by Crippen LogP contribution is 2.25. The van der Waals surface area contributed by atoms with Crippen LogP contribution in [0.15, 0.2) is 36.5 Å². The van der Waals surface area contributed by atoms with E-state index in [1.165, 1.54) is 0 Å². The molecule has 17 heavy (non-hydrogen) atoms. The Balaban J connectivity index is 2.25. The number of para-hydroxylation sites is 1. The second kappa shape index (κ2) is 4.84. The number of benzene rings is 1. The predicted octanol–water partition coefficient (Wildman–Crippen LogP) is 2.78. The fourth-order valence-corrected chi connectivity index (χ4v) is 1.52. The molecule has 0 spiro atoms. The van der Waals surface area contributed by atoms with Gasteiger partial charge in [0.1, 0.15) is 5.75 Å². The number of nitrogens with zero attached hydrogens (tertiary/aromatic N) is 1. The van der Waals surface area contributed by atoms with E-state index in [9.17, 15) is 0 Å². The zero-order valence-corrected chi connectivity index (χ0v) is 9.90. The third-order valence-corrected chi connectivity index (χ3v) is 2.55. The van der Waals surface area contributed by atoms with Crippen molar-refractivity contribution >= 4 is 5.69 Å². The standard InChI is InChI=1S/C13H15N3O/c1-9-5-3-4-6-12(9)17-13-7-10(2)11(16-14)8-15-13/h3-8,16H,14H2,1-2H3. The monoisotopic (exact) mass is 229 g/mol. The number of hydrogen-bond acceptors (Lipinski definition) is 4. The fraction of sp³-hybridized carbons (Fsp3) is 0.154. The molecule has 2 aromatic rings. The molecule has 0 unspecified atom stereocenters. The van der Waals surface area contributed by atoms with Gasteiger partial charge in [-0.3, -0.25) is 5.84 Å². The van der Waals surface area contributed by atoms with Crippen LogP contribution in [0.5, 0.6) is 11.6 Å². The van der Waals surface area contributed by atoms with Crippen LogP contribution >= 0.6 is 0 Å². The molecule has 3 N–H and O–H groups in total. The predicted molar refractivity (Wildman–Crippen MR) is 68.0 cm³/mol. The van der Waals surface area contributed by atoms with Gasteiger partial charge in [-0.1, -0.05) is 18.2 Å². The van der Waals surface area contributed by atoms with E-state index in [4.69, 9.17) is 10.6 Å². The molecule has 0 bridgehead atoms. The number of anilines is 1. The van der Waals surface area contributed by atoms with Crippen molar-refractivity contribution in [3.8, 4) is 11.6 Å². The van der Waals surface area contributed by atoms with Gasteiger partial charge in [-0.15, -0.1) is 0 Å². The molecule has 0 aliphatic carbocycles. The highest BCUT2D eigenvalue weighted by atomic mass is 16.5. The van der Waals surface area contributed by atoms with E-state index in [0.29, 0.717) is 5.88 Å². The minimum atomic E-state index is 0.566. The van der Waals surface area contributed by atoms with Crippen molar-refractivity contribution in [3.05, 3.63) is 47.7 Å². The lowest BCUT2D eigenvalue weighted by Gasteiger charge is -2.09. The number of aromatic nitrogens is 1. The second-order valence-corrected chi connectivity index (χ2v) is 3.85. The Morgan fingerprint density at radius 1 is 1.18 bits per heavy atom. The van der Waals surface area contributed by atoms with Gasteiger partial charge in [-0.2, -0.15) is 0 Å². The molecule has 0 amide bonds. The summed E-state index contributed by atoms with van der Waals surface area (Å²) in [5.74, 6) is 6.72. The maximum atomic E-state index is 5.71. The topological polar surface area (TPSA) is 60.2 Å². The average molecular weight is 229 g/mol. The van der Waals surface area contributed by atoms with Crippen molar-refractivity contribution in [2.24, 2.45) is 5.84 Å². The zero-order chi connectivity index (χ0) is 12.3. The van der Waals surface area contributed by atoms with E-state index < -0.39 is 0 Å². The quantitative estimate of drug-likeness (QED) is 0.627. The molecule has 88 valence electrons. The molecule has 1 heterocycles. The highest BCUT2D eigenvalue weighted by molar-refractivity contribution is 5.49. The lowest BCUT2D eigenvalue weighted by molar-refractivity contribution is 0.459. The van der Waals surface area contributed by atoms with Gasteiger partial charge < -0.3 is 10.2 Å². The molecule has 2 rings (SSSR count). The normalized spacial score (nSPS) is 10.1. The highest BCUT2D eigenvalue weighted by Gasteiger charge is 2.04. The Morgan fingerprint density at radius 3 is 2.59 bits per heavy atom. The molecule has 0 fully saturated rings. The summed E-state index contributed by atoms with van der Waals surface area (Å²) in [6, 6.07) is 9.67. The van der Waals surface area contributed by atoms with Gasteiger partial charge in [0.2, 0.25) is 5.88 Å². The molecule has 0 saturated heterocycles. The van der Waals surface area contributed by atoms with E-state index in [1.54, 1.807) is 6.20 Å². The first-order valence-corrected chi connectivity index (χ1v) is 5.37. The molecule has 0 aliphatic heterocycles. The number of rotatable bonds is 3. The van der Waals surface area contributed by atoms with Crippen LogP contribution in [0.25, 0.3) is 0 Å². The second-order valence-electron chi connectivity index (χ2n) is 3.85. The van der Waals surface area contributed by atoms with Crippen LogP contribution in [0.4, 0.5) is 5.69 Å². The van der Waals surface area contributed by atoms with Gasteiger partial charge in [0, 0.05) is 6.07 Å². The summed E-state index contributed by atoms with van der Waals surface area (Å²) in [5.41, 5.74) is 5.44. The SMILES string of the molecule is Cc1cc(Oc2ccccc2C)ncc1NN. The molecular formula is C13H15N3O. The Hall–Kier alpha value is -2.07. The molecule has 0 atom stereocenters. The number of hydrazine groups is 1. The molecule has 4 nitrogen and oxygen atoms in total. The lowest BCUT2D eigenvalue weighted by Crippen LogP contribution is -2.08. The van der Waals surface area contributed by atoms with Crippen molar-refractivity contribution in [1.29, 1.82) is 0 Å². The largest absolute Gasteiger partial charge is 0.439 e. The van der Waals surface area contributed by atoms with Crippen LogP contribution in [-0.4, -0.2) is 4.98 Å². The van der Waals surface area contributed by atoms with Crippen molar-refractivity contribution < 1.29 is 4.74 Å². The molecule has 0 saturated carbocycles. The minimum Gasteiger partial charge on any atom is -0.439 e. The first-order valence-electron chi connectivity index (χ1n) is 5.37. The van der Waals surface area contributed by atoms with Crippen molar-refractivity contribution in [2.75, 3.05) is 5.43 Å². The lowest BCUT2D eigenvalue weighted by atomic mass is 10.2. The number of nitrogens with two attached hydrogens (primary N) is 1. The van der Waals surface area contributed by atoms with Gasteiger partial charge in [-0.05, 0) is 31.0 Å². The van der Waals surface area contributed by atoms with Crippen molar-refractivity contribution in [2.45, 2.75) is 13.8 Å². The number of hydrogen-bond donors (Lipinski definition) is 2.